The van der Waals surface area contributed by atoms with E-state index < -0.39 is 30.1 Å². The first-order chi connectivity index (χ1) is 11.5. The fourth-order valence-corrected chi connectivity index (χ4v) is 3.46. The predicted octanol–water partition coefficient (Wildman–Crippen LogP) is 2.81. The van der Waals surface area contributed by atoms with Crippen LogP contribution in [0.2, 0.25) is 0 Å². The Hall–Kier alpha value is -1.70. The van der Waals surface area contributed by atoms with E-state index in [4.69, 9.17) is 4.74 Å². The molecule has 2 aliphatic rings. The number of nitrogens with zero attached hydrogens (tertiary/aromatic N) is 3. The monoisotopic (exact) mass is 357 g/mol. The lowest BCUT2D eigenvalue weighted by molar-refractivity contribution is -0.0260. The Bertz CT molecular complexity index is 681. The lowest BCUT2D eigenvalue weighted by Gasteiger charge is -2.35. The van der Waals surface area contributed by atoms with Crippen LogP contribution in [0.5, 0.6) is 0 Å². The van der Waals surface area contributed by atoms with Crippen molar-refractivity contribution >= 4 is 6.09 Å². The zero-order valence-corrected chi connectivity index (χ0v) is 15.1. The fraction of sp³-hybridized carbons (Fsp3) is 0.765. The number of carbonyl (C=O) groups excluding carboxylic acids is 1. The smallest absolute Gasteiger partial charge is 0.410 e. The highest BCUT2D eigenvalue weighted by molar-refractivity contribution is 5.69. The van der Waals surface area contributed by atoms with E-state index in [1.54, 1.807) is 20.8 Å². The summed E-state index contributed by atoms with van der Waals surface area (Å²) in [7, 11) is 0. The molecule has 25 heavy (non-hydrogen) atoms. The summed E-state index contributed by atoms with van der Waals surface area (Å²) in [5, 5.41) is 14.2. The molecule has 1 aromatic heterocycles. The van der Waals surface area contributed by atoms with Gasteiger partial charge in [-0.3, -0.25) is 4.68 Å². The number of halogens is 2. The van der Waals surface area contributed by atoms with Gasteiger partial charge < -0.3 is 14.7 Å². The molecule has 2 aliphatic heterocycles. The maximum atomic E-state index is 14.6. The molecule has 1 N–H and O–H groups in total. The molecule has 3 rings (SSSR count). The Kier molecular flexibility index (Phi) is 4.29. The second-order valence-electron chi connectivity index (χ2n) is 8.01. The highest BCUT2D eigenvalue weighted by Gasteiger charge is 2.45. The van der Waals surface area contributed by atoms with Gasteiger partial charge in [0.2, 0.25) is 0 Å². The third-order valence-electron chi connectivity index (χ3n) is 4.63. The Balaban J connectivity index is 1.96. The van der Waals surface area contributed by atoms with Crippen LogP contribution < -0.4 is 0 Å². The zero-order valence-electron chi connectivity index (χ0n) is 15.1. The molecule has 0 saturated carbocycles. The van der Waals surface area contributed by atoms with Gasteiger partial charge in [0.15, 0.2) is 0 Å². The third-order valence-corrected chi connectivity index (χ3v) is 4.63. The summed E-state index contributed by atoms with van der Waals surface area (Å²) < 4.78 is 35.9. The van der Waals surface area contributed by atoms with E-state index in [1.165, 1.54) is 9.58 Å². The first kappa shape index (κ1) is 18.1. The standard InChI is InChI=1S/C17H25F2N3O3/c1-10-7-13-12(9-21(10)15(24)25-16(2,3)4)14-17(18,19)6-5-11(23)8-22(14)20-13/h10-11,23H,5-9H2,1-4H3/t10-,11+/m1/s1. The second-order valence-corrected chi connectivity index (χ2v) is 8.01. The maximum absolute atomic E-state index is 14.6. The van der Waals surface area contributed by atoms with Crippen LogP contribution in [0.15, 0.2) is 0 Å². The quantitative estimate of drug-likeness (QED) is 0.775. The summed E-state index contributed by atoms with van der Waals surface area (Å²) in [4.78, 5) is 13.9. The number of aliphatic hydroxyl groups excluding tert-OH is 1. The van der Waals surface area contributed by atoms with Gasteiger partial charge in [0.1, 0.15) is 11.3 Å². The summed E-state index contributed by atoms with van der Waals surface area (Å²) in [6.07, 6.45) is -1.36. The number of amides is 1. The van der Waals surface area contributed by atoms with Crippen LogP contribution in [-0.4, -0.2) is 43.6 Å². The summed E-state index contributed by atoms with van der Waals surface area (Å²) in [6, 6.07) is -0.194. The highest BCUT2D eigenvalue weighted by atomic mass is 19.3. The summed E-state index contributed by atoms with van der Waals surface area (Å²) in [5.41, 5.74) is 0.153. The van der Waals surface area contributed by atoms with E-state index in [-0.39, 0.29) is 31.2 Å². The van der Waals surface area contributed by atoms with Crippen molar-refractivity contribution < 1.29 is 23.4 Å². The number of carbonyl (C=O) groups is 1. The van der Waals surface area contributed by atoms with Gasteiger partial charge in [-0.1, -0.05) is 0 Å². The SMILES string of the molecule is C[C@@H]1Cc2nn3c(c2CN1C(=O)OC(C)(C)C)C(F)(F)CC[C@H](O)C3. The number of rotatable bonds is 0. The molecule has 0 aromatic carbocycles. The van der Waals surface area contributed by atoms with Crippen LogP contribution in [0.3, 0.4) is 0 Å². The topological polar surface area (TPSA) is 67.6 Å². The van der Waals surface area contributed by atoms with Crippen LogP contribution >= 0.6 is 0 Å². The van der Waals surface area contributed by atoms with Gasteiger partial charge in [-0.2, -0.15) is 13.9 Å². The van der Waals surface area contributed by atoms with Crippen LogP contribution in [0.4, 0.5) is 13.6 Å². The summed E-state index contributed by atoms with van der Waals surface area (Å²) in [6.45, 7) is 7.26. The Labute approximate surface area is 145 Å². The first-order valence-electron chi connectivity index (χ1n) is 8.62. The van der Waals surface area contributed by atoms with E-state index in [0.717, 1.165) is 0 Å². The third kappa shape index (κ3) is 3.49. The number of aliphatic hydroxyl groups is 1. The molecular formula is C17H25F2N3O3. The molecule has 8 heteroatoms. The second kappa shape index (κ2) is 5.93. The number of aromatic nitrogens is 2. The molecule has 0 unspecified atom stereocenters. The lowest BCUT2D eigenvalue weighted by atomic mass is 9.96. The van der Waals surface area contributed by atoms with Gasteiger partial charge in [-0.15, -0.1) is 0 Å². The van der Waals surface area contributed by atoms with E-state index in [0.29, 0.717) is 17.7 Å². The maximum Gasteiger partial charge on any atom is 0.410 e. The average Bonchev–Trinajstić information content (AvgIpc) is 2.74. The van der Waals surface area contributed by atoms with Crippen LogP contribution in [0.1, 0.15) is 57.5 Å². The Morgan fingerprint density at radius 1 is 1.40 bits per heavy atom. The van der Waals surface area contributed by atoms with Crippen molar-refractivity contribution in [1.82, 2.24) is 14.7 Å². The zero-order chi connectivity index (χ0) is 18.6. The van der Waals surface area contributed by atoms with Crippen molar-refractivity contribution in [2.45, 2.75) is 83.7 Å². The van der Waals surface area contributed by atoms with Crippen molar-refractivity contribution in [1.29, 1.82) is 0 Å². The van der Waals surface area contributed by atoms with Crippen LogP contribution in [-0.2, 0) is 30.2 Å². The summed E-state index contributed by atoms with van der Waals surface area (Å²) in [5.74, 6) is -3.07. The first-order valence-corrected chi connectivity index (χ1v) is 8.62. The molecule has 0 bridgehead atoms. The molecule has 0 spiro atoms. The molecule has 3 heterocycles. The molecule has 0 fully saturated rings. The van der Waals surface area contributed by atoms with Crippen molar-refractivity contribution in [2.75, 3.05) is 0 Å². The van der Waals surface area contributed by atoms with Gasteiger partial charge in [0, 0.05) is 24.4 Å². The number of hydrogen-bond donors (Lipinski definition) is 1. The van der Waals surface area contributed by atoms with E-state index >= 15 is 0 Å². The molecule has 6 nitrogen and oxygen atoms in total. The van der Waals surface area contributed by atoms with Crippen molar-refractivity contribution in [3.05, 3.63) is 17.0 Å². The van der Waals surface area contributed by atoms with Gasteiger partial charge in [-0.25, -0.2) is 4.79 Å². The number of hydrogen-bond acceptors (Lipinski definition) is 4. The van der Waals surface area contributed by atoms with Gasteiger partial charge in [-0.05, 0) is 34.1 Å². The Morgan fingerprint density at radius 3 is 2.72 bits per heavy atom. The number of fused-ring (bicyclic) bond motifs is 3. The minimum absolute atomic E-state index is 0.0251. The number of alkyl halides is 2. The largest absolute Gasteiger partial charge is 0.444 e. The predicted molar refractivity (Wildman–Crippen MR) is 86.3 cm³/mol. The molecule has 0 aliphatic carbocycles. The molecule has 2 atom stereocenters. The normalized spacial score (nSPS) is 25.8. The van der Waals surface area contributed by atoms with Crippen molar-refractivity contribution in [2.24, 2.45) is 0 Å². The summed E-state index contributed by atoms with van der Waals surface area (Å²) >= 11 is 0. The molecule has 1 aromatic rings. The van der Waals surface area contributed by atoms with E-state index in [1.807, 2.05) is 6.92 Å². The highest BCUT2D eigenvalue weighted by Crippen LogP contribution is 2.41. The van der Waals surface area contributed by atoms with E-state index in [2.05, 4.69) is 5.10 Å². The van der Waals surface area contributed by atoms with Crippen molar-refractivity contribution in [3.63, 3.8) is 0 Å². The Morgan fingerprint density at radius 2 is 2.08 bits per heavy atom. The van der Waals surface area contributed by atoms with Gasteiger partial charge in [0.25, 0.3) is 5.92 Å². The van der Waals surface area contributed by atoms with Gasteiger partial charge in [0.05, 0.1) is 24.9 Å². The average molecular weight is 357 g/mol. The van der Waals surface area contributed by atoms with E-state index in [9.17, 15) is 18.7 Å². The fourth-order valence-electron chi connectivity index (χ4n) is 3.46. The molecule has 0 saturated heterocycles. The van der Waals surface area contributed by atoms with Crippen molar-refractivity contribution in [3.8, 4) is 0 Å². The molecule has 1 amide bonds. The number of ether oxygens (including phenoxy) is 1. The van der Waals surface area contributed by atoms with Crippen LogP contribution in [0.25, 0.3) is 0 Å². The van der Waals surface area contributed by atoms with Crippen LogP contribution in [0, 0.1) is 0 Å². The van der Waals surface area contributed by atoms with Gasteiger partial charge >= 0.3 is 6.09 Å². The lowest BCUT2D eigenvalue weighted by Crippen LogP contribution is -2.45. The minimum Gasteiger partial charge on any atom is -0.444 e. The molecular weight excluding hydrogens is 332 g/mol. The molecule has 0 radical (unpaired) electrons. The minimum atomic E-state index is -3.07. The molecule has 140 valence electrons.